The molecule has 0 aromatic heterocycles. The average Bonchev–Trinajstić information content (AvgIpc) is 2.07. The molecular weight excluding hydrogens is 156 g/mol. The lowest BCUT2D eigenvalue weighted by molar-refractivity contribution is -0.772. The third kappa shape index (κ3) is 1.07. The Morgan fingerprint density at radius 3 is 3.00 bits per heavy atom. The van der Waals surface area contributed by atoms with Gasteiger partial charge in [-0.3, -0.25) is 10.4 Å². The topological polar surface area (TPSA) is 56.6 Å². The van der Waals surface area contributed by atoms with E-state index in [-0.39, 0.29) is 11.6 Å². The zero-order valence-corrected chi connectivity index (χ0v) is 6.33. The number of fused-ring (bicyclic) bond motifs is 1. The quantitative estimate of drug-likeness (QED) is 0.535. The van der Waals surface area contributed by atoms with Crippen LogP contribution in [0.15, 0.2) is 24.3 Å². The molecule has 12 heavy (non-hydrogen) atoms. The van der Waals surface area contributed by atoms with Crippen molar-refractivity contribution in [3.63, 3.8) is 0 Å². The number of anilines is 1. The molecule has 0 saturated carbocycles. The smallest absolute Gasteiger partial charge is 0.419 e. The van der Waals surface area contributed by atoms with Crippen LogP contribution in [0.3, 0.4) is 0 Å². The Morgan fingerprint density at radius 1 is 1.42 bits per heavy atom. The molecule has 0 fully saturated rings. The third-order valence-corrected chi connectivity index (χ3v) is 1.87. The van der Waals surface area contributed by atoms with Crippen molar-refractivity contribution in [2.75, 3.05) is 5.32 Å². The Labute approximate surface area is 69.4 Å². The van der Waals surface area contributed by atoms with Gasteiger partial charge in [-0.05, 0) is 6.07 Å². The molecule has 2 amide bonds. The van der Waals surface area contributed by atoms with Gasteiger partial charge >= 0.3 is 6.03 Å². The van der Waals surface area contributed by atoms with E-state index >= 15 is 0 Å². The number of rotatable bonds is 0. The van der Waals surface area contributed by atoms with Crippen molar-refractivity contribution in [2.24, 2.45) is 0 Å². The molecule has 62 valence electrons. The number of carbonyl (C=O) groups excluding carboxylic acids is 1. The summed E-state index contributed by atoms with van der Waals surface area (Å²) in [6.45, 7) is 0.224. The minimum absolute atomic E-state index is 0.224. The molecule has 1 aliphatic heterocycles. The highest BCUT2D eigenvalue weighted by atomic mass is 16.5. The molecule has 0 bridgehead atoms. The van der Waals surface area contributed by atoms with E-state index in [1.807, 2.05) is 18.2 Å². The Bertz CT molecular complexity index is 325. The van der Waals surface area contributed by atoms with Gasteiger partial charge < -0.3 is 5.21 Å². The minimum atomic E-state index is -0.506. The number of amides is 2. The van der Waals surface area contributed by atoms with Crippen LogP contribution < -0.4 is 10.4 Å². The van der Waals surface area contributed by atoms with Crippen LogP contribution in [0.25, 0.3) is 0 Å². The average molecular weight is 164 g/mol. The van der Waals surface area contributed by atoms with Gasteiger partial charge in [0.25, 0.3) is 0 Å². The fraction of sp³-hybridized carbons (Fsp3) is 0.125. The first kappa shape index (κ1) is 7.27. The Kier molecular flexibility index (Phi) is 1.56. The monoisotopic (exact) mass is 164 g/mol. The predicted molar refractivity (Wildman–Crippen MR) is 43.5 cm³/mol. The summed E-state index contributed by atoms with van der Waals surface area (Å²) < 4.78 is 0. The van der Waals surface area contributed by atoms with E-state index in [2.05, 4.69) is 5.32 Å². The molecule has 2 N–H and O–H groups in total. The van der Waals surface area contributed by atoms with Crippen molar-refractivity contribution in [3.05, 3.63) is 35.0 Å². The Balaban J connectivity index is 2.40. The van der Waals surface area contributed by atoms with Gasteiger partial charge in [-0.2, -0.15) is 0 Å². The van der Waals surface area contributed by atoms with Gasteiger partial charge in [-0.15, -0.1) is 0 Å². The van der Waals surface area contributed by atoms with Crippen molar-refractivity contribution in [1.29, 1.82) is 0 Å². The molecule has 1 aromatic carbocycles. The fourth-order valence-corrected chi connectivity index (χ4v) is 1.24. The number of urea groups is 1. The molecule has 1 aromatic rings. The SMILES string of the molecule is O=C1Nc2ccccc2C[NH+]1[O-]. The molecule has 0 saturated heterocycles. The largest absolute Gasteiger partial charge is 0.625 e. The predicted octanol–water partition coefficient (Wildman–Crippen LogP) is 0.115. The summed E-state index contributed by atoms with van der Waals surface area (Å²) in [4.78, 5) is 10.9. The lowest BCUT2D eigenvalue weighted by atomic mass is 10.1. The van der Waals surface area contributed by atoms with Crippen molar-refractivity contribution < 1.29 is 9.86 Å². The first-order valence-corrected chi connectivity index (χ1v) is 3.69. The lowest BCUT2D eigenvalue weighted by Gasteiger charge is -2.25. The van der Waals surface area contributed by atoms with Gasteiger partial charge in [0.1, 0.15) is 6.54 Å². The zero-order valence-electron chi connectivity index (χ0n) is 6.33. The first-order valence-electron chi connectivity index (χ1n) is 3.69. The Hall–Kier alpha value is -1.39. The maximum Gasteiger partial charge on any atom is 0.419 e. The summed E-state index contributed by atoms with van der Waals surface area (Å²) in [6, 6.07) is 6.80. The summed E-state index contributed by atoms with van der Waals surface area (Å²) >= 11 is 0. The molecule has 1 unspecified atom stereocenters. The van der Waals surface area contributed by atoms with E-state index in [1.165, 1.54) is 0 Å². The van der Waals surface area contributed by atoms with E-state index in [1.54, 1.807) is 6.07 Å². The van der Waals surface area contributed by atoms with Crippen LogP contribution in [0.5, 0.6) is 0 Å². The minimum Gasteiger partial charge on any atom is -0.625 e. The van der Waals surface area contributed by atoms with Gasteiger partial charge in [0.05, 0.1) is 5.69 Å². The molecule has 0 spiro atoms. The molecule has 1 aliphatic rings. The zero-order chi connectivity index (χ0) is 8.55. The summed E-state index contributed by atoms with van der Waals surface area (Å²) in [5.41, 5.74) is 1.64. The molecule has 4 heteroatoms. The molecule has 0 radical (unpaired) electrons. The first-order chi connectivity index (χ1) is 5.77. The molecule has 0 aliphatic carbocycles. The van der Waals surface area contributed by atoms with Crippen molar-refractivity contribution in [3.8, 4) is 0 Å². The summed E-state index contributed by atoms with van der Waals surface area (Å²) in [7, 11) is 0. The summed E-state index contributed by atoms with van der Waals surface area (Å²) in [5, 5.41) is 13.1. The van der Waals surface area contributed by atoms with Crippen molar-refractivity contribution in [1.82, 2.24) is 0 Å². The number of hydrogen-bond donors (Lipinski definition) is 2. The standard InChI is InChI=1S/C8H8N2O2/c11-8-9-7-4-2-1-3-6(7)5-10(8)12/h1-4,10H,5H2,(H,9,11). The number of quaternary nitrogens is 1. The van der Waals surface area contributed by atoms with Crippen LogP contribution in [0.4, 0.5) is 10.5 Å². The van der Waals surface area contributed by atoms with Crippen LogP contribution in [0.1, 0.15) is 5.56 Å². The van der Waals surface area contributed by atoms with Crippen molar-refractivity contribution >= 4 is 11.7 Å². The fourth-order valence-electron chi connectivity index (χ4n) is 1.24. The normalized spacial score (nSPS) is 21.4. The van der Waals surface area contributed by atoms with Crippen LogP contribution in [0, 0.1) is 5.21 Å². The highest BCUT2D eigenvalue weighted by Crippen LogP contribution is 2.15. The van der Waals surface area contributed by atoms with E-state index in [9.17, 15) is 10.0 Å². The van der Waals surface area contributed by atoms with E-state index in [0.717, 1.165) is 11.3 Å². The third-order valence-electron chi connectivity index (χ3n) is 1.87. The summed E-state index contributed by atoms with van der Waals surface area (Å²) in [5.74, 6) is 0. The van der Waals surface area contributed by atoms with Gasteiger partial charge in [-0.25, -0.2) is 4.79 Å². The van der Waals surface area contributed by atoms with Gasteiger partial charge in [0.2, 0.25) is 0 Å². The highest BCUT2D eigenvalue weighted by Gasteiger charge is 2.20. The molecule has 4 nitrogen and oxygen atoms in total. The maximum atomic E-state index is 10.9. The second kappa shape index (κ2) is 2.58. The van der Waals surface area contributed by atoms with Crippen molar-refractivity contribution in [2.45, 2.75) is 6.54 Å². The van der Waals surface area contributed by atoms with Crippen LogP contribution >= 0.6 is 0 Å². The second-order valence-electron chi connectivity index (χ2n) is 2.71. The number of para-hydroxylation sites is 1. The Morgan fingerprint density at radius 2 is 2.17 bits per heavy atom. The molecule has 2 rings (SSSR count). The van der Waals surface area contributed by atoms with Gasteiger partial charge in [-0.1, -0.05) is 18.2 Å². The molecular formula is C8H8N2O2. The van der Waals surface area contributed by atoms with E-state index < -0.39 is 6.03 Å². The van der Waals surface area contributed by atoms with E-state index in [4.69, 9.17) is 0 Å². The number of benzene rings is 1. The van der Waals surface area contributed by atoms with Crippen LogP contribution in [-0.4, -0.2) is 6.03 Å². The number of hydroxylamine groups is 2. The van der Waals surface area contributed by atoms with Crippen LogP contribution in [-0.2, 0) is 6.54 Å². The van der Waals surface area contributed by atoms with Crippen LogP contribution in [0.2, 0.25) is 0 Å². The second-order valence-corrected chi connectivity index (χ2v) is 2.71. The number of nitrogens with one attached hydrogen (secondary N) is 2. The molecule has 1 atom stereocenters. The summed E-state index contributed by atoms with van der Waals surface area (Å²) in [6.07, 6.45) is 0. The van der Waals surface area contributed by atoms with E-state index in [0.29, 0.717) is 0 Å². The highest BCUT2D eigenvalue weighted by molar-refractivity contribution is 5.85. The van der Waals surface area contributed by atoms with Gasteiger partial charge in [0.15, 0.2) is 0 Å². The lowest BCUT2D eigenvalue weighted by Crippen LogP contribution is -3.10. The van der Waals surface area contributed by atoms with Gasteiger partial charge in [0, 0.05) is 5.56 Å². The molecule has 1 heterocycles. The maximum absolute atomic E-state index is 10.9. The number of hydrogen-bond acceptors (Lipinski definition) is 2. The number of carbonyl (C=O) groups is 1.